The van der Waals surface area contributed by atoms with Gasteiger partial charge in [0.15, 0.2) is 11.6 Å². The predicted octanol–water partition coefficient (Wildman–Crippen LogP) is 3.56. The van der Waals surface area contributed by atoms with E-state index >= 15 is 0 Å². The zero-order valence-corrected chi connectivity index (χ0v) is 15.8. The lowest BCUT2D eigenvalue weighted by atomic mass is 10.2. The van der Waals surface area contributed by atoms with Gasteiger partial charge in [-0.05, 0) is 62.4 Å². The van der Waals surface area contributed by atoms with Crippen molar-refractivity contribution in [3.8, 4) is 22.9 Å². The number of hydrogen-bond acceptors (Lipinski definition) is 6. The minimum absolute atomic E-state index is 0.0277. The third-order valence-corrected chi connectivity index (χ3v) is 4.11. The van der Waals surface area contributed by atoms with Crippen LogP contribution in [-0.2, 0) is 4.79 Å². The summed E-state index contributed by atoms with van der Waals surface area (Å²) in [7, 11) is 0. The number of carbonyl (C=O) groups excluding carboxylic acids is 2. The van der Waals surface area contributed by atoms with Gasteiger partial charge in [0.05, 0.1) is 6.04 Å². The van der Waals surface area contributed by atoms with Crippen molar-refractivity contribution >= 4 is 17.5 Å². The first-order valence-electron chi connectivity index (χ1n) is 8.81. The number of ether oxygens (including phenoxy) is 1. The molecule has 0 radical (unpaired) electrons. The van der Waals surface area contributed by atoms with Gasteiger partial charge in [-0.15, -0.1) is 0 Å². The molecule has 148 valence electrons. The summed E-state index contributed by atoms with van der Waals surface area (Å²) >= 11 is 0. The predicted molar refractivity (Wildman–Crippen MR) is 106 cm³/mol. The monoisotopic (exact) mass is 394 g/mol. The van der Waals surface area contributed by atoms with Crippen LogP contribution in [0.15, 0.2) is 54.6 Å². The van der Waals surface area contributed by atoms with E-state index in [-0.39, 0.29) is 23.1 Å². The van der Waals surface area contributed by atoms with Crippen molar-refractivity contribution in [1.82, 2.24) is 9.97 Å². The second-order valence-electron chi connectivity index (χ2n) is 6.38. The number of benzene rings is 2. The number of amides is 1. The number of nitrogens with zero attached hydrogens (tertiary/aromatic N) is 2. The Bertz CT molecular complexity index is 1040. The summed E-state index contributed by atoms with van der Waals surface area (Å²) in [5.74, 6) is 0.496. The van der Waals surface area contributed by atoms with Crippen LogP contribution in [0.4, 0.5) is 10.2 Å². The molecular weight excluding hydrogens is 375 g/mol. The molecule has 0 saturated carbocycles. The fourth-order valence-electron chi connectivity index (χ4n) is 2.41. The number of primary amides is 1. The van der Waals surface area contributed by atoms with Crippen LogP contribution in [0.2, 0.25) is 0 Å². The second kappa shape index (κ2) is 8.47. The third-order valence-electron chi connectivity index (χ3n) is 4.11. The zero-order valence-electron chi connectivity index (χ0n) is 15.8. The highest BCUT2D eigenvalue weighted by molar-refractivity contribution is 5.92. The van der Waals surface area contributed by atoms with E-state index in [1.807, 2.05) is 0 Å². The van der Waals surface area contributed by atoms with E-state index in [9.17, 15) is 14.0 Å². The molecule has 1 atom stereocenters. The summed E-state index contributed by atoms with van der Waals surface area (Å²) in [5.41, 5.74) is 6.02. The number of aromatic nitrogens is 2. The molecule has 8 heteroatoms. The Kier molecular flexibility index (Phi) is 5.82. The third kappa shape index (κ3) is 5.13. The van der Waals surface area contributed by atoms with Crippen LogP contribution in [-0.4, -0.2) is 27.7 Å². The van der Waals surface area contributed by atoms with E-state index in [0.29, 0.717) is 22.9 Å². The van der Waals surface area contributed by atoms with Crippen molar-refractivity contribution in [1.29, 1.82) is 0 Å². The SMILES string of the molecule is CC(=O)[C@H](C)Nc1cc(C(N)=O)nc(-c2ccc(Oc3ccc(F)cc3)cc2)n1. The minimum Gasteiger partial charge on any atom is -0.457 e. The average molecular weight is 394 g/mol. The van der Waals surface area contributed by atoms with Crippen molar-refractivity contribution < 1.29 is 18.7 Å². The van der Waals surface area contributed by atoms with E-state index in [0.717, 1.165) is 0 Å². The first-order valence-corrected chi connectivity index (χ1v) is 8.81. The van der Waals surface area contributed by atoms with Crippen molar-refractivity contribution in [3.05, 3.63) is 66.1 Å². The molecule has 1 amide bonds. The summed E-state index contributed by atoms with van der Waals surface area (Å²) in [6.45, 7) is 3.14. The van der Waals surface area contributed by atoms with Gasteiger partial charge < -0.3 is 15.8 Å². The fraction of sp³-hybridized carbons (Fsp3) is 0.143. The van der Waals surface area contributed by atoms with E-state index in [4.69, 9.17) is 10.5 Å². The molecule has 3 aromatic rings. The first kappa shape index (κ1) is 19.9. The molecule has 7 nitrogen and oxygen atoms in total. The highest BCUT2D eigenvalue weighted by Crippen LogP contribution is 2.25. The molecule has 0 unspecified atom stereocenters. The van der Waals surface area contributed by atoms with Gasteiger partial charge >= 0.3 is 0 Å². The molecule has 0 aliphatic carbocycles. The van der Waals surface area contributed by atoms with Gasteiger partial charge in [0.1, 0.15) is 28.8 Å². The molecule has 1 heterocycles. The number of ketones is 1. The Hall–Kier alpha value is -3.81. The largest absolute Gasteiger partial charge is 0.457 e. The first-order chi connectivity index (χ1) is 13.8. The van der Waals surface area contributed by atoms with E-state index in [2.05, 4.69) is 15.3 Å². The molecule has 29 heavy (non-hydrogen) atoms. The summed E-state index contributed by atoms with van der Waals surface area (Å²) in [4.78, 5) is 31.7. The Morgan fingerprint density at radius 1 is 1.03 bits per heavy atom. The number of nitrogens with two attached hydrogens (primary N) is 1. The number of Topliss-reactive ketones (excluding diaryl/α,β-unsaturated/α-hetero) is 1. The normalized spacial score (nSPS) is 11.6. The summed E-state index contributed by atoms with van der Waals surface area (Å²) < 4.78 is 18.6. The lowest BCUT2D eigenvalue weighted by molar-refractivity contribution is -0.117. The van der Waals surface area contributed by atoms with Crippen molar-refractivity contribution in [2.45, 2.75) is 19.9 Å². The second-order valence-corrected chi connectivity index (χ2v) is 6.38. The van der Waals surface area contributed by atoms with Gasteiger partial charge in [0.25, 0.3) is 5.91 Å². The number of anilines is 1. The minimum atomic E-state index is -0.705. The molecule has 3 N–H and O–H groups in total. The number of rotatable bonds is 7. The maximum atomic E-state index is 13.0. The van der Waals surface area contributed by atoms with Crippen LogP contribution in [0.25, 0.3) is 11.4 Å². The van der Waals surface area contributed by atoms with Crippen LogP contribution in [0.3, 0.4) is 0 Å². The smallest absolute Gasteiger partial charge is 0.267 e. The Labute approximate surface area is 166 Å². The molecule has 0 spiro atoms. The lowest BCUT2D eigenvalue weighted by Crippen LogP contribution is -2.25. The topological polar surface area (TPSA) is 107 Å². The number of hydrogen-bond donors (Lipinski definition) is 2. The quantitative estimate of drug-likeness (QED) is 0.634. The lowest BCUT2D eigenvalue weighted by Gasteiger charge is -2.13. The summed E-state index contributed by atoms with van der Waals surface area (Å²) in [5, 5.41) is 2.93. The fourth-order valence-corrected chi connectivity index (χ4v) is 2.41. The average Bonchev–Trinajstić information content (AvgIpc) is 2.70. The van der Waals surface area contributed by atoms with Crippen LogP contribution in [0, 0.1) is 5.82 Å². The molecule has 0 aliphatic heterocycles. The number of halogens is 1. The van der Waals surface area contributed by atoms with Gasteiger partial charge in [-0.25, -0.2) is 14.4 Å². The maximum Gasteiger partial charge on any atom is 0.267 e. The molecule has 0 fully saturated rings. The van der Waals surface area contributed by atoms with Crippen molar-refractivity contribution in [2.75, 3.05) is 5.32 Å². The molecule has 1 aromatic heterocycles. The van der Waals surface area contributed by atoms with E-state index in [1.54, 1.807) is 31.2 Å². The molecule has 2 aromatic carbocycles. The molecule has 0 saturated heterocycles. The Morgan fingerprint density at radius 2 is 1.62 bits per heavy atom. The maximum absolute atomic E-state index is 13.0. The van der Waals surface area contributed by atoms with E-state index < -0.39 is 11.9 Å². The molecule has 0 aliphatic rings. The Morgan fingerprint density at radius 3 is 2.17 bits per heavy atom. The number of carbonyl (C=O) groups is 2. The molecular formula is C21H19FN4O3. The van der Waals surface area contributed by atoms with Crippen molar-refractivity contribution in [3.63, 3.8) is 0 Å². The molecule has 0 bridgehead atoms. The number of nitrogens with one attached hydrogen (secondary N) is 1. The van der Waals surface area contributed by atoms with Gasteiger partial charge in [0.2, 0.25) is 0 Å². The Balaban J connectivity index is 1.86. The highest BCUT2D eigenvalue weighted by atomic mass is 19.1. The van der Waals surface area contributed by atoms with Gasteiger partial charge in [-0.1, -0.05) is 0 Å². The van der Waals surface area contributed by atoms with Crippen LogP contribution in [0.1, 0.15) is 24.3 Å². The zero-order chi connectivity index (χ0) is 21.0. The van der Waals surface area contributed by atoms with Gasteiger partial charge in [0, 0.05) is 11.6 Å². The van der Waals surface area contributed by atoms with E-state index in [1.165, 1.54) is 37.3 Å². The summed E-state index contributed by atoms with van der Waals surface area (Å²) in [6.07, 6.45) is 0. The van der Waals surface area contributed by atoms with Crippen LogP contribution < -0.4 is 15.8 Å². The van der Waals surface area contributed by atoms with Crippen LogP contribution in [0.5, 0.6) is 11.5 Å². The van der Waals surface area contributed by atoms with Crippen LogP contribution >= 0.6 is 0 Å². The van der Waals surface area contributed by atoms with Gasteiger partial charge in [-0.3, -0.25) is 9.59 Å². The molecule has 3 rings (SSSR count). The van der Waals surface area contributed by atoms with Crippen molar-refractivity contribution in [2.24, 2.45) is 5.73 Å². The summed E-state index contributed by atoms with van der Waals surface area (Å²) in [6, 6.07) is 13.4. The van der Waals surface area contributed by atoms with Gasteiger partial charge in [-0.2, -0.15) is 0 Å². The standard InChI is InChI=1S/C21H19FN4O3/c1-12(13(2)27)24-19-11-18(20(23)28)25-21(26-19)14-3-7-16(8-4-14)29-17-9-5-15(22)6-10-17/h3-12H,1-2H3,(H2,23,28)(H,24,25,26)/t12-/m0/s1. The highest BCUT2D eigenvalue weighted by Gasteiger charge is 2.14.